The zero-order valence-corrected chi connectivity index (χ0v) is 7.56. The summed E-state index contributed by atoms with van der Waals surface area (Å²) in [7, 11) is 5.69. The monoisotopic (exact) mass is 184 g/mol. The maximum atomic E-state index is 9.90. The van der Waals surface area contributed by atoms with E-state index in [1.165, 1.54) is 0 Å². The summed E-state index contributed by atoms with van der Waals surface area (Å²) in [5.74, 6) is 0. The van der Waals surface area contributed by atoms with E-state index in [9.17, 15) is 10.2 Å². The maximum Gasteiger partial charge on any atom is 0.121 e. The Bertz CT molecular complexity index is 224. The SMILES string of the molecule is [B][C@@H]1O[C@@]2(CO)CCO[C@]1(C)[C@@H]2O. The van der Waals surface area contributed by atoms with Crippen LogP contribution in [-0.4, -0.2) is 54.6 Å². The number of fused-ring (bicyclic) bond motifs is 2. The highest BCUT2D eigenvalue weighted by atomic mass is 16.6. The minimum atomic E-state index is -0.910. The van der Waals surface area contributed by atoms with Gasteiger partial charge >= 0.3 is 0 Å². The molecule has 2 fully saturated rings. The lowest BCUT2D eigenvalue weighted by atomic mass is 9.76. The van der Waals surface area contributed by atoms with Crippen molar-refractivity contribution in [3.8, 4) is 0 Å². The lowest BCUT2D eigenvalue weighted by molar-refractivity contribution is -0.166. The molecule has 4 nitrogen and oxygen atoms in total. The van der Waals surface area contributed by atoms with Gasteiger partial charge in [0.05, 0.1) is 13.2 Å². The molecule has 2 aliphatic rings. The Morgan fingerprint density at radius 3 is 2.85 bits per heavy atom. The Labute approximate surface area is 78.2 Å². The van der Waals surface area contributed by atoms with Gasteiger partial charge in [-0.25, -0.2) is 0 Å². The van der Waals surface area contributed by atoms with Crippen molar-refractivity contribution in [3.05, 3.63) is 0 Å². The van der Waals surface area contributed by atoms with E-state index in [4.69, 9.17) is 17.3 Å². The van der Waals surface area contributed by atoms with Gasteiger partial charge in [-0.1, -0.05) is 0 Å². The van der Waals surface area contributed by atoms with Crippen molar-refractivity contribution in [2.24, 2.45) is 0 Å². The van der Waals surface area contributed by atoms with E-state index in [0.29, 0.717) is 13.0 Å². The minimum absolute atomic E-state index is 0.221. The second kappa shape index (κ2) is 2.70. The van der Waals surface area contributed by atoms with Crippen LogP contribution in [0.15, 0.2) is 0 Å². The third kappa shape index (κ3) is 1.02. The smallest absolute Gasteiger partial charge is 0.121 e. The average molecular weight is 184 g/mol. The largest absolute Gasteiger partial charge is 0.393 e. The molecule has 2 bridgehead atoms. The van der Waals surface area contributed by atoms with Crippen LogP contribution in [0.5, 0.6) is 0 Å². The van der Waals surface area contributed by atoms with Crippen LogP contribution in [0.2, 0.25) is 0 Å². The summed E-state index contributed by atoms with van der Waals surface area (Å²) < 4.78 is 10.8. The Hall–Kier alpha value is -0.0951. The van der Waals surface area contributed by atoms with Crippen molar-refractivity contribution < 1.29 is 19.7 Å². The summed E-state index contributed by atoms with van der Waals surface area (Å²) in [4.78, 5) is 0. The molecule has 72 valence electrons. The molecule has 0 aliphatic carbocycles. The first-order valence-corrected chi connectivity index (χ1v) is 4.41. The molecule has 2 heterocycles. The van der Waals surface area contributed by atoms with Gasteiger partial charge in [-0.3, -0.25) is 0 Å². The molecule has 4 atom stereocenters. The second-order valence-electron chi connectivity index (χ2n) is 3.95. The van der Waals surface area contributed by atoms with Crippen molar-refractivity contribution in [2.45, 2.75) is 36.7 Å². The molecule has 2 saturated heterocycles. The van der Waals surface area contributed by atoms with Gasteiger partial charge in [0.15, 0.2) is 0 Å². The lowest BCUT2D eigenvalue weighted by Crippen LogP contribution is -2.57. The molecule has 0 aromatic rings. The van der Waals surface area contributed by atoms with E-state index in [2.05, 4.69) is 0 Å². The average Bonchev–Trinajstić information content (AvgIpc) is 2.24. The number of hydrogen-bond donors (Lipinski definition) is 2. The highest BCUT2D eigenvalue weighted by Crippen LogP contribution is 2.45. The van der Waals surface area contributed by atoms with Gasteiger partial charge in [-0.05, 0) is 6.92 Å². The Kier molecular flexibility index (Phi) is 1.96. The molecule has 0 saturated carbocycles. The van der Waals surface area contributed by atoms with Crippen LogP contribution in [0.1, 0.15) is 13.3 Å². The number of aliphatic hydroxyl groups is 2. The van der Waals surface area contributed by atoms with Gasteiger partial charge in [0, 0.05) is 12.4 Å². The van der Waals surface area contributed by atoms with Crippen LogP contribution >= 0.6 is 0 Å². The Morgan fingerprint density at radius 2 is 2.31 bits per heavy atom. The maximum absolute atomic E-state index is 9.90. The number of hydrogen-bond acceptors (Lipinski definition) is 4. The van der Waals surface area contributed by atoms with Crippen molar-refractivity contribution in [2.75, 3.05) is 13.2 Å². The van der Waals surface area contributed by atoms with Gasteiger partial charge in [0.25, 0.3) is 0 Å². The first-order valence-electron chi connectivity index (χ1n) is 4.41. The van der Waals surface area contributed by atoms with E-state index >= 15 is 0 Å². The van der Waals surface area contributed by atoms with Crippen molar-refractivity contribution >= 4 is 7.85 Å². The van der Waals surface area contributed by atoms with E-state index in [-0.39, 0.29) is 6.61 Å². The van der Waals surface area contributed by atoms with Crippen LogP contribution in [0.4, 0.5) is 0 Å². The summed E-state index contributed by atoms with van der Waals surface area (Å²) in [5.41, 5.74) is -1.78. The Balaban J connectivity index is 2.35. The fourth-order valence-corrected chi connectivity index (χ4v) is 2.12. The highest BCUT2D eigenvalue weighted by molar-refractivity contribution is 6.12. The summed E-state index contributed by atoms with van der Waals surface area (Å²) in [6, 6.07) is -0.669. The molecule has 2 rings (SSSR count). The predicted octanol–water partition coefficient (Wildman–Crippen LogP) is -1.22. The van der Waals surface area contributed by atoms with Crippen LogP contribution in [0, 0.1) is 0 Å². The first kappa shape index (κ1) is 9.46. The van der Waals surface area contributed by atoms with E-state index in [1.807, 2.05) is 0 Å². The van der Waals surface area contributed by atoms with Crippen molar-refractivity contribution in [3.63, 3.8) is 0 Å². The van der Waals surface area contributed by atoms with Crippen LogP contribution in [0.3, 0.4) is 0 Å². The van der Waals surface area contributed by atoms with E-state index in [0.717, 1.165) is 0 Å². The summed E-state index contributed by atoms with van der Waals surface area (Å²) in [5, 5.41) is 19.1. The Morgan fingerprint density at radius 1 is 1.62 bits per heavy atom. The molecule has 2 radical (unpaired) electrons. The molecule has 2 N–H and O–H groups in total. The zero-order chi connectivity index (χ0) is 9.69. The van der Waals surface area contributed by atoms with Gasteiger partial charge in [-0.15, -0.1) is 0 Å². The quantitative estimate of drug-likeness (QED) is 0.501. The van der Waals surface area contributed by atoms with E-state index in [1.54, 1.807) is 6.92 Å². The van der Waals surface area contributed by atoms with E-state index < -0.39 is 23.3 Å². The molecule has 2 aliphatic heterocycles. The molecular weight excluding hydrogens is 171 g/mol. The standard InChI is InChI=1S/C8H13BO4/c1-7-5(11)8(4-10,2-3-12-7)13-6(7)9/h5-6,10-11H,2-4H2,1H3/t5-,6+,7+,8+/m0/s1. The third-order valence-corrected chi connectivity index (χ3v) is 3.17. The highest BCUT2D eigenvalue weighted by Gasteiger charge is 2.62. The van der Waals surface area contributed by atoms with Crippen LogP contribution < -0.4 is 0 Å². The topological polar surface area (TPSA) is 58.9 Å². The molecule has 0 amide bonds. The fraction of sp³-hybridized carbons (Fsp3) is 1.00. The predicted molar refractivity (Wildman–Crippen MR) is 45.4 cm³/mol. The molecule has 0 aromatic heterocycles. The molecule has 0 spiro atoms. The number of rotatable bonds is 1. The van der Waals surface area contributed by atoms with Gasteiger partial charge in [0.2, 0.25) is 0 Å². The third-order valence-electron chi connectivity index (χ3n) is 3.17. The molecular formula is C8H13BO4. The molecule has 5 heteroatoms. The molecule has 0 aromatic carbocycles. The normalized spacial score (nSPS) is 55.3. The van der Waals surface area contributed by atoms with Gasteiger partial charge < -0.3 is 19.7 Å². The molecule has 0 unspecified atom stereocenters. The van der Waals surface area contributed by atoms with Crippen LogP contribution in [-0.2, 0) is 9.47 Å². The summed E-state index contributed by atoms with van der Waals surface area (Å²) in [6.45, 7) is 1.95. The van der Waals surface area contributed by atoms with Gasteiger partial charge in [-0.2, -0.15) is 0 Å². The second-order valence-corrected chi connectivity index (χ2v) is 3.95. The zero-order valence-electron chi connectivity index (χ0n) is 7.56. The summed E-state index contributed by atoms with van der Waals surface area (Å²) >= 11 is 0. The van der Waals surface area contributed by atoms with Crippen molar-refractivity contribution in [1.29, 1.82) is 0 Å². The fourth-order valence-electron chi connectivity index (χ4n) is 2.12. The lowest BCUT2D eigenvalue weighted by Gasteiger charge is -2.39. The minimum Gasteiger partial charge on any atom is -0.393 e. The number of ether oxygens (including phenoxy) is 2. The molecule has 13 heavy (non-hydrogen) atoms. The van der Waals surface area contributed by atoms with Gasteiger partial charge in [0.1, 0.15) is 25.2 Å². The van der Waals surface area contributed by atoms with Crippen molar-refractivity contribution in [1.82, 2.24) is 0 Å². The van der Waals surface area contributed by atoms with Crippen LogP contribution in [0.25, 0.3) is 0 Å². The first-order chi connectivity index (χ1) is 6.05. The number of aliphatic hydroxyl groups excluding tert-OH is 2. The summed E-state index contributed by atoms with van der Waals surface area (Å²) in [6.07, 6.45) is -0.373.